The molecule has 2 atom stereocenters. The lowest BCUT2D eigenvalue weighted by Crippen LogP contribution is -2.77. The van der Waals surface area contributed by atoms with Crippen molar-refractivity contribution in [2.75, 3.05) is 7.11 Å². The van der Waals surface area contributed by atoms with E-state index in [0.717, 1.165) is 11.8 Å². The van der Waals surface area contributed by atoms with Gasteiger partial charge in [0, 0.05) is 12.5 Å². The molecular weight excluding hydrogens is 236 g/mol. The topological polar surface area (TPSA) is 85.8 Å². The summed E-state index contributed by atoms with van der Waals surface area (Å²) in [6, 6.07) is 3.24. The van der Waals surface area contributed by atoms with Crippen molar-refractivity contribution in [1.29, 1.82) is 0 Å². The maximum Gasteiger partial charge on any atom is 0.273 e. The van der Waals surface area contributed by atoms with Gasteiger partial charge in [-0.1, -0.05) is 0 Å². The van der Waals surface area contributed by atoms with Gasteiger partial charge in [0.1, 0.15) is 11.7 Å². The number of hydroxylamine groups is 2. The molecule has 1 aromatic heterocycles. The van der Waals surface area contributed by atoms with Crippen LogP contribution in [0.3, 0.4) is 0 Å². The molecule has 0 bridgehead atoms. The Morgan fingerprint density at radius 2 is 2.50 bits per heavy atom. The van der Waals surface area contributed by atoms with E-state index in [0.29, 0.717) is 12.8 Å². The molecule has 0 aliphatic carbocycles. The Hall–Kier alpha value is -1.88. The smallest absolute Gasteiger partial charge is 0.273 e. The standard InChI is InChI=1S/C12H14N2O4/c1-17-14-10(5-4-9-3-2-8-18-9)12(13,6-7-15)11(14)16/h2-3,6,8,10H,4-5,13H2,1H3. The van der Waals surface area contributed by atoms with Crippen molar-refractivity contribution in [3.05, 3.63) is 30.2 Å². The zero-order valence-electron chi connectivity index (χ0n) is 9.96. The lowest BCUT2D eigenvalue weighted by atomic mass is 9.79. The summed E-state index contributed by atoms with van der Waals surface area (Å²) >= 11 is 0. The molecule has 0 radical (unpaired) electrons. The predicted octanol–water partition coefficient (Wildman–Crippen LogP) is 0.0697. The van der Waals surface area contributed by atoms with E-state index in [2.05, 4.69) is 0 Å². The minimum atomic E-state index is -1.32. The number of amides is 1. The Bertz CT molecular complexity index is 478. The second-order valence-corrected chi connectivity index (χ2v) is 4.14. The fraction of sp³-hybridized carbons (Fsp3) is 0.417. The molecular formula is C12H14N2O4. The van der Waals surface area contributed by atoms with E-state index in [4.69, 9.17) is 15.0 Å². The van der Waals surface area contributed by atoms with Gasteiger partial charge in [0.05, 0.1) is 19.4 Å². The summed E-state index contributed by atoms with van der Waals surface area (Å²) in [5, 5.41) is 1.18. The van der Waals surface area contributed by atoms with Gasteiger partial charge in [-0.15, -0.1) is 0 Å². The fourth-order valence-corrected chi connectivity index (χ4v) is 2.16. The fourth-order valence-electron chi connectivity index (χ4n) is 2.16. The molecule has 1 saturated heterocycles. The maximum absolute atomic E-state index is 11.7. The van der Waals surface area contributed by atoms with Crippen LogP contribution in [0, 0.1) is 0 Å². The van der Waals surface area contributed by atoms with Crippen molar-refractivity contribution >= 4 is 11.8 Å². The second kappa shape index (κ2) is 4.78. The van der Waals surface area contributed by atoms with Crippen molar-refractivity contribution in [2.24, 2.45) is 5.73 Å². The molecule has 1 aliphatic rings. The summed E-state index contributed by atoms with van der Waals surface area (Å²) in [4.78, 5) is 27.1. The molecule has 1 aromatic rings. The highest BCUT2D eigenvalue weighted by molar-refractivity contribution is 5.96. The van der Waals surface area contributed by atoms with E-state index in [9.17, 15) is 9.59 Å². The van der Waals surface area contributed by atoms with Gasteiger partial charge in [-0.25, -0.2) is 9.86 Å². The molecule has 6 nitrogen and oxygen atoms in total. The quantitative estimate of drug-likeness (QED) is 0.590. The molecule has 2 unspecified atom stereocenters. The Morgan fingerprint density at radius 3 is 3.06 bits per heavy atom. The van der Waals surface area contributed by atoms with Gasteiger partial charge in [-0.2, -0.15) is 0 Å². The van der Waals surface area contributed by atoms with Crippen molar-refractivity contribution in [1.82, 2.24) is 5.06 Å². The van der Waals surface area contributed by atoms with Gasteiger partial charge in [-0.3, -0.25) is 9.63 Å². The highest BCUT2D eigenvalue weighted by Crippen LogP contribution is 2.32. The van der Waals surface area contributed by atoms with Crippen LogP contribution in [0.15, 0.2) is 28.9 Å². The number of aryl methyl sites for hydroxylation is 1. The minimum absolute atomic E-state index is 0.387. The van der Waals surface area contributed by atoms with Gasteiger partial charge in [0.25, 0.3) is 5.91 Å². The van der Waals surface area contributed by atoms with Crippen molar-refractivity contribution in [2.45, 2.75) is 24.4 Å². The van der Waals surface area contributed by atoms with Crippen LogP contribution in [0.2, 0.25) is 0 Å². The monoisotopic (exact) mass is 250 g/mol. The Balaban J connectivity index is 2.08. The first-order valence-corrected chi connectivity index (χ1v) is 5.54. The molecule has 6 heteroatoms. The van der Waals surface area contributed by atoms with E-state index in [1.165, 1.54) is 12.2 Å². The van der Waals surface area contributed by atoms with E-state index in [1.54, 1.807) is 18.3 Å². The SMILES string of the molecule is CON1C(=O)C(N)(C=C=O)C1CCc1ccco1. The zero-order chi connectivity index (χ0) is 13.2. The van der Waals surface area contributed by atoms with Crippen LogP contribution in [0.1, 0.15) is 12.2 Å². The van der Waals surface area contributed by atoms with Gasteiger partial charge >= 0.3 is 0 Å². The molecule has 0 spiro atoms. The van der Waals surface area contributed by atoms with Crippen LogP contribution in [0.25, 0.3) is 0 Å². The van der Waals surface area contributed by atoms with Crippen LogP contribution in [-0.4, -0.2) is 35.6 Å². The van der Waals surface area contributed by atoms with Crippen LogP contribution in [-0.2, 0) is 20.8 Å². The third-order valence-electron chi connectivity index (χ3n) is 3.14. The number of nitrogens with zero attached hydrogens (tertiary/aromatic N) is 1. The third kappa shape index (κ3) is 1.86. The largest absolute Gasteiger partial charge is 0.469 e. The van der Waals surface area contributed by atoms with Crippen molar-refractivity contribution in [3.63, 3.8) is 0 Å². The minimum Gasteiger partial charge on any atom is -0.469 e. The van der Waals surface area contributed by atoms with Crippen LogP contribution in [0.5, 0.6) is 0 Å². The molecule has 0 saturated carbocycles. The summed E-state index contributed by atoms with van der Waals surface area (Å²) in [5.41, 5.74) is 4.57. The lowest BCUT2D eigenvalue weighted by molar-refractivity contribution is -0.231. The number of furan rings is 1. The molecule has 18 heavy (non-hydrogen) atoms. The van der Waals surface area contributed by atoms with Gasteiger partial charge in [0.15, 0.2) is 5.54 Å². The number of β-lactam (4-membered cyclic amide) rings is 1. The zero-order valence-corrected chi connectivity index (χ0v) is 9.96. The van der Waals surface area contributed by atoms with Crippen LogP contribution < -0.4 is 5.73 Å². The summed E-state index contributed by atoms with van der Waals surface area (Å²) in [5.74, 6) is 1.94. The Labute approximate surface area is 104 Å². The first-order valence-electron chi connectivity index (χ1n) is 5.54. The van der Waals surface area contributed by atoms with Gasteiger partial charge in [-0.05, 0) is 18.6 Å². The van der Waals surface area contributed by atoms with Gasteiger partial charge in [0.2, 0.25) is 0 Å². The molecule has 96 valence electrons. The number of carbonyl (C=O) groups excluding carboxylic acids is 2. The van der Waals surface area contributed by atoms with Crippen LogP contribution in [0.4, 0.5) is 0 Å². The van der Waals surface area contributed by atoms with Crippen LogP contribution >= 0.6 is 0 Å². The highest BCUT2D eigenvalue weighted by atomic mass is 16.7. The van der Waals surface area contributed by atoms with Crippen molar-refractivity contribution in [3.8, 4) is 0 Å². The van der Waals surface area contributed by atoms with Crippen molar-refractivity contribution < 1.29 is 18.8 Å². The summed E-state index contributed by atoms with van der Waals surface area (Å²) in [6.07, 6.45) is 3.78. The summed E-state index contributed by atoms with van der Waals surface area (Å²) < 4.78 is 5.20. The predicted molar refractivity (Wildman–Crippen MR) is 61.9 cm³/mol. The molecule has 2 rings (SSSR count). The average molecular weight is 250 g/mol. The first-order chi connectivity index (χ1) is 8.63. The highest BCUT2D eigenvalue weighted by Gasteiger charge is 2.58. The molecule has 0 aromatic carbocycles. The normalized spacial score (nSPS) is 26.7. The maximum atomic E-state index is 11.7. The summed E-state index contributed by atoms with van der Waals surface area (Å²) in [6.45, 7) is 0. The number of nitrogens with two attached hydrogens (primary N) is 1. The number of hydrogen-bond donors (Lipinski definition) is 1. The Morgan fingerprint density at radius 1 is 1.72 bits per heavy atom. The summed E-state index contributed by atoms with van der Waals surface area (Å²) in [7, 11) is 1.39. The molecule has 2 N–H and O–H groups in total. The number of rotatable bonds is 5. The molecule has 1 aliphatic heterocycles. The number of carbonyl (C=O) groups is 1. The van der Waals surface area contributed by atoms with E-state index >= 15 is 0 Å². The third-order valence-corrected chi connectivity index (χ3v) is 3.14. The molecule has 1 fully saturated rings. The second-order valence-electron chi connectivity index (χ2n) is 4.14. The Kier molecular flexibility index (Phi) is 3.34. The average Bonchev–Trinajstić information content (AvgIpc) is 2.87. The van der Waals surface area contributed by atoms with E-state index in [1.807, 2.05) is 6.07 Å². The van der Waals surface area contributed by atoms with E-state index in [-0.39, 0.29) is 6.04 Å². The molecule has 2 heterocycles. The molecule has 1 amide bonds. The van der Waals surface area contributed by atoms with E-state index < -0.39 is 11.4 Å². The lowest BCUT2D eigenvalue weighted by Gasteiger charge is -2.49. The van der Waals surface area contributed by atoms with Gasteiger partial charge < -0.3 is 10.2 Å². The number of hydrogen-bond acceptors (Lipinski definition) is 5. The first kappa shape index (κ1) is 12.6.